The first kappa shape index (κ1) is 21.8. The van der Waals surface area contributed by atoms with E-state index in [9.17, 15) is 15.0 Å². The molecule has 0 aromatic rings. The zero-order valence-electron chi connectivity index (χ0n) is 19.9. The Morgan fingerprint density at radius 1 is 1.03 bits per heavy atom. The molecule has 5 heteroatoms. The van der Waals surface area contributed by atoms with Crippen molar-refractivity contribution in [2.75, 3.05) is 6.54 Å². The van der Waals surface area contributed by atoms with Gasteiger partial charge in [0.1, 0.15) is 0 Å². The number of hydrogen-bond donors (Lipinski definition) is 4. The third-order valence-electron chi connectivity index (χ3n) is 11.5. The van der Waals surface area contributed by atoms with Crippen LogP contribution in [-0.4, -0.2) is 52.4 Å². The molecule has 0 unspecified atom stereocenters. The first-order valence-corrected chi connectivity index (χ1v) is 13.4. The second-order valence-electron chi connectivity index (χ2n) is 12.7. The van der Waals surface area contributed by atoms with E-state index in [2.05, 4.69) is 24.5 Å². The van der Waals surface area contributed by atoms with Gasteiger partial charge in [-0.2, -0.15) is 0 Å². The summed E-state index contributed by atoms with van der Waals surface area (Å²) in [7, 11) is 0. The van der Waals surface area contributed by atoms with Gasteiger partial charge in [-0.05, 0) is 80.6 Å². The van der Waals surface area contributed by atoms with Crippen LogP contribution in [0.4, 0.5) is 0 Å². The first-order chi connectivity index (χ1) is 15.3. The Balaban J connectivity index is 1.29. The second kappa shape index (κ2) is 7.37. The van der Waals surface area contributed by atoms with Crippen LogP contribution in [0.15, 0.2) is 11.6 Å². The average Bonchev–Trinajstić information content (AvgIpc) is 3.05. The molecule has 178 valence electrons. The highest BCUT2D eigenvalue weighted by Gasteiger charge is 2.68. The summed E-state index contributed by atoms with van der Waals surface area (Å²) in [6, 6.07) is 1.08. The van der Waals surface area contributed by atoms with E-state index in [1.54, 1.807) is 0 Å². The molecule has 1 heterocycles. The number of hydrogen-bond acceptors (Lipinski definition) is 5. The van der Waals surface area contributed by atoms with Crippen molar-refractivity contribution in [1.82, 2.24) is 10.6 Å². The summed E-state index contributed by atoms with van der Waals surface area (Å²) in [5.74, 6) is 1.37. The number of aliphatic hydroxyl groups excluding tert-OH is 1. The van der Waals surface area contributed by atoms with Crippen LogP contribution in [0.1, 0.15) is 84.5 Å². The molecule has 6 rings (SSSR count). The summed E-state index contributed by atoms with van der Waals surface area (Å²) in [6.07, 6.45) is 12.6. The molecule has 0 spiro atoms. The molecule has 5 aliphatic carbocycles. The number of rotatable bonds is 1. The Hall–Kier alpha value is -0.750. The van der Waals surface area contributed by atoms with Gasteiger partial charge in [-0.15, -0.1) is 0 Å². The summed E-state index contributed by atoms with van der Waals surface area (Å²) >= 11 is 0. The molecule has 10 atom stereocenters. The second-order valence-corrected chi connectivity index (χ2v) is 12.7. The average molecular weight is 443 g/mol. The predicted octanol–water partition coefficient (Wildman–Crippen LogP) is 3.09. The smallest absolute Gasteiger partial charge is 0.155 e. The van der Waals surface area contributed by atoms with Crippen molar-refractivity contribution in [2.24, 2.45) is 28.6 Å². The molecule has 4 saturated carbocycles. The standard InChI is InChI=1S/C27H42N2O3/c1-25-11-9-17(30)13-16(25)7-8-18-19-10-12-27(32,26(19,2)14-22(31)24(18)25)23-15-28-20-5-3-4-6-21(20)29-23/h13,18-24,28-29,31-32H,3-12,14-15H2,1-2H3/t18-,19-,20+,21+,22-,23+,24+,25-,26-,27-/m0/s1. The monoisotopic (exact) mass is 442 g/mol. The van der Waals surface area contributed by atoms with Gasteiger partial charge in [0.25, 0.3) is 0 Å². The van der Waals surface area contributed by atoms with Crippen molar-refractivity contribution in [3.63, 3.8) is 0 Å². The maximum atomic E-state index is 12.3. The maximum Gasteiger partial charge on any atom is 0.155 e. The molecule has 1 saturated heterocycles. The largest absolute Gasteiger partial charge is 0.393 e. The summed E-state index contributed by atoms with van der Waals surface area (Å²) in [6.45, 7) is 5.43. The fourth-order valence-electron chi connectivity index (χ4n) is 9.77. The van der Waals surface area contributed by atoms with Gasteiger partial charge in [0.15, 0.2) is 5.78 Å². The Bertz CT molecular complexity index is 828. The minimum Gasteiger partial charge on any atom is -0.393 e. The third kappa shape index (κ3) is 2.87. The fraction of sp³-hybridized carbons (Fsp3) is 0.889. The molecule has 4 N–H and O–H groups in total. The number of ketones is 1. The van der Waals surface area contributed by atoms with Gasteiger partial charge >= 0.3 is 0 Å². The van der Waals surface area contributed by atoms with Gasteiger partial charge < -0.3 is 20.8 Å². The molecule has 6 aliphatic rings. The number of nitrogens with one attached hydrogen (secondary N) is 2. The van der Waals surface area contributed by atoms with Crippen LogP contribution in [0, 0.1) is 28.6 Å². The summed E-state index contributed by atoms with van der Waals surface area (Å²) in [5.41, 5.74) is 0.181. The molecule has 5 nitrogen and oxygen atoms in total. The molecular weight excluding hydrogens is 400 g/mol. The van der Waals surface area contributed by atoms with E-state index in [1.165, 1.54) is 31.3 Å². The van der Waals surface area contributed by atoms with Gasteiger partial charge in [0.2, 0.25) is 0 Å². The molecule has 32 heavy (non-hydrogen) atoms. The fourth-order valence-corrected chi connectivity index (χ4v) is 9.77. The zero-order valence-corrected chi connectivity index (χ0v) is 19.9. The van der Waals surface area contributed by atoms with Crippen molar-refractivity contribution in [3.05, 3.63) is 11.6 Å². The molecule has 5 fully saturated rings. The quantitative estimate of drug-likeness (QED) is 0.502. The minimum absolute atomic E-state index is 0.0573. The van der Waals surface area contributed by atoms with E-state index in [-0.39, 0.29) is 28.6 Å². The van der Waals surface area contributed by atoms with E-state index in [1.807, 2.05) is 6.08 Å². The lowest BCUT2D eigenvalue weighted by atomic mass is 9.45. The van der Waals surface area contributed by atoms with E-state index in [0.29, 0.717) is 36.8 Å². The van der Waals surface area contributed by atoms with Crippen molar-refractivity contribution in [2.45, 2.75) is 114 Å². The van der Waals surface area contributed by atoms with Crippen molar-refractivity contribution in [1.29, 1.82) is 0 Å². The zero-order chi connectivity index (χ0) is 22.3. The lowest BCUT2D eigenvalue weighted by Gasteiger charge is -2.62. The van der Waals surface area contributed by atoms with Gasteiger partial charge in [-0.1, -0.05) is 32.3 Å². The Labute approximate surface area is 192 Å². The van der Waals surface area contributed by atoms with E-state index < -0.39 is 11.7 Å². The summed E-state index contributed by atoms with van der Waals surface area (Å²) < 4.78 is 0. The summed E-state index contributed by atoms with van der Waals surface area (Å²) in [5, 5.41) is 31.7. The van der Waals surface area contributed by atoms with Crippen LogP contribution < -0.4 is 10.6 Å². The van der Waals surface area contributed by atoms with Gasteiger partial charge in [0, 0.05) is 36.5 Å². The SMILES string of the molecule is C[C@]12CCC(=O)C=C1CC[C@@H]1[C@@H]2[C@@H](O)C[C@@]2(C)[C@H]1CC[C@]2(O)[C@H]1CN[C@@H]2CCCC[C@H]2N1. The van der Waals surface area contributed by atoms with Crippen LogP contribution in [0.3, 0.4) is 0 Å². The van der Waals surface area contributed by atoms with Crippen LogP contribution in [0.2, 0.25) is 0 Å². The maximum absolute atomic E-state index is 12.3. The molecule has 0 amide bonds. The highest BCUT2D eigenvalue weighted by molar-refractivity contribution is 5.91. The Kier molecular flexibility index (Phi) is 5.01. The van der Waals surface area contributed by atoms with Crippen molar-refractivity contribution >= 4 is 5.78 Å². The number of fused-ring (bicyclic) bond motifs is 6. The van der Waals surface area contributed by atoms with Gasteiger partial charge in [-0.3, -0.25) is 4.79 Å². The van der Waals surface area contributed by atoms with E-state index in [4.69, 9.17) is 0 Å². The van der Waals surface area contributed by atoms with Crippen LogP contribution in [0.5, 0.6) is 0 Å². The Morgan fingerprint density at radius 2 is 1.81 bits per heavy atom. The molecule has 0 bridgehead atoms. The van der Waals surface area contributed by atoms with Crippen molar-refractivity contribution < 1.29 is 15.0 Å². The first-order valence-electron chi connectivity index (χ1n) is 13.4. The molecule has 0 radical (unpaired) electrons. The van der Waals surface area contributed by atoms with E-state index in [0.717, 1.165) is 38.6 Å². The topological polar surface area (TPSA) is 81.6 Å². The van der Waals surface area contributed by atoms with Crippen LogP contribution >= 0.6 is 0 Å². The number of aliphatic hydroxyl groups is 2. The number of piperazine rings is 1. The lowest BCUT2D eigenvalue weighted by molar-refractivity contribution is -0.183. The number of allylic oxidation sites excluding steroid dienone is 1. The van der Waals surface area contributed by atoms with Gasteiger partial charge in [0.05, 0.1) is 11.7 Å². The highest BCUT2D eigenvalue weighted by Crippen LogP contribution is 2.68. The van der Waals surface area contributed by atoms with Crippen molar-refractivity contribution in [3.8, 4) is 0 Å². The van der Waals surface area contributed by atoms with Gasteiger partial charge in [-0.25, -0.2) is 0 Å². The summed E-state index contributed by atoms with van der Waals surface area (Å²) in [4.78, 5) is 12.1. The highest BCUT2D eigenvalue weighted by atomic mass is 16.3. The lowest BCUT2D eigenvalue weighted by Crippen LogP contribution is -2.72. The number of carbonyl (C=O) groups is 1. The predicted molar refractivity (Wildman–Crippen MR) is 124 cm³/mol. The van der Waals surface area contributed by atoms with Crippen LogP contribution in [-0.2, 0) is 4.79 Å². The normalized spacial score (nSPS) is 55.3. The Morgan fingerprint density at radius 3 is 2.62 bits per heavy atom. The molecule has 0 aromatic heterocycles. The molecular formula is C27H42N2O3. The van der Waals surface area contributed by atoms with Crippen LogP contribution in [0.25, 0.3) is 0 Å². The molecule has 1 aliphatic heterocycles. The molecule has 0 aromatic carbocycles. The number of carbonyl (C=O) groups excluding carboxylic acids is 1. The van der Waals surface area contributed by atoms with E-state index >= 15 is 0 Å². The minimum atomic E-state index is -0.779. The third-order valence-corrected chi connectivity index (χ3v) is 11.5.